The van der Waals surface area contributed by atoms with Crippen molar-refractivity contribution in [1.29, 1.82) is 0 Å². The van der Waals surface area contributed by atoms with Crippen molar-refractivity contribution in [3.8, 4) is 5.75 Å². The van der Waals surface area contributed by atoms with Crippen molar-refractivity contribution in [2.24, 2.45) is 0 Å². The van der Waals surface area contributed by atoms with Gasteiger partial charge in [-0.25, -0.2) is 0 Å². The molecule has 0 unspecified atom stereocenters. The first-order valence-electron chi connectivity index (χ1n) is 11.6. The Hall–Kier alpha value is -2.83. The number of carbonyl (C=O) groups excluding carboxylic acids is 2. The van der Waals surface area contributed by atoms with Gasteiger partial charge >= 0.3 is 0 Å². The first kappa shape index (κ1) is 26.8. The average molecular weight is 558 g/mol. The highest BCUT2D eigenvalue weighted by molar-refractivity contribution is 9.10. The fourth-order valence-corrected chi connectivity index (χ4v) is 4.02. The number of nitrogens with zero attached hydrogens (tertiary/aromatic N) is 1. The molecule has 0 saturated carbocycles. The van der Waals surface area contributed by atoms with E-state index < -0.39 is 6.04 Å². The van der Waals surface area contributed by atoms with Crippen LogP contribution in [0.1, 0.15) is 31.4 Å². The molecule has 1 N–H and O–H groups in total. The van der Waals surface area contributed by atoms with Crippen LogP contribution in [0.4, 0.5) is 0 Å². The number of rotatable bonds is 11. The maximum absolute atomic E-state index is 13.6. The number of ether oxygens (including phenoxy) is 1. The number of hydrogen-bond acceptors (Lipinski definition) is 3. The lowest BCUT2D eigenvalue weighted by Gasteiger charge is -2.32. The topological polar surface area (TPSA) is 58.6 Å². The number of hydrogen-bond donors (Lipinski definition) is 1. The normalized spacial score (nSPS) is 12.5. The Labute approximate surface area is 220 Å². The molecule has 7 heteroatoms. The fourth-order valence-electron chi connectivity index (χ4n) is 3.57. The number of benzene rings is 3. The highest BCUT2D eigenvalue weighted by Gasteiger charge is 2.31. The summed E-state index contributed by atoms with van der Waals surface area (Å²) in [6.45, 7) is 4.00. The second-order valence-corrected chi connectivity index (χ2v) is 9.71. The van der Waals surface area contributed by atoms with Crippen LogP contribution < -0.4 is 10.1 Å². The fraction of sp³-hybridized carbons (Fsp3) is 0.286. The third-order valence-corrected chi connectivity index (χ3v) is 6.57. The minimum atomic E-state index is -0.711. The van der Waals surface area contributed by atoms with Crippen LogP contribution in [-0.4, -0.2) is 35.4 Å². The number of amides is 2. The van der Waals surface area contributed by atoms with Crippen LogP contribution in [0.3, 0.4) is 0 Å². The van der Waals surface area contributed by atoms with E-state index in [0.29, 0.717) is 17.2 Å². The van der Waals surface area contributed by atoms with Gasteiger partial charge in [0.1, 0.15) is 11.8 Å². The maximum atomic E-state index is 13.6. The number of carbonyl (C=O) groups is 2. The molecule has 5 nitrogen and oxygen atoms in total. The Morgan fingerprint density at radius 1 is 0.971 bits per heavy atom. The number of halogens is 2. The average Bonchev–Trinajstić information content (AvgIpc) is 2.87. The summed E-state index contributed by atoms with van der Waals surface area (Å²) < 4.78 is 6.70. The molecule has 0 bridgehead atoms. The molecule has 3 rings (SSSR count). The van der Waals surface area contributed by atoms with Crippen molar-refractivity contribution >= 4 is 39.3 Å². The molecule has 3 aromatic rings. The van der Waals surface area contributed by atoms with Gasteiger partial charge in [0, 0.05) is 23.5 Å². The van der Waals surface area contributed by atoms with E-state index in [0.717, 1.165) is 22.0 Å². The Bertz CT molecular complexity index is 1110. The van der Waals surface area contributed by atoms with Gasteiger partial charge in [-0.3, -0.25) is 9.59 Å². The second-order valence-electron chi connectivity index (χ2n) is 8.39. The predicted octanol–water partition coefficient (Wildman–Crippen LogP) is 6.04. The molecule has 0 radical (unpaired) electrons. The van der Waals surface area contributed by atoms with Crippen LogP contribution in [-0.2, 0) is 22.6 Å². The van der Waals surface area contributed by atoms with Crippen molar-refractivity contribution in [2.75, 3.05) is 6.61 Å². The highest BCUT2D eigenvalue weighted by Crippen LogP contribution is 2.24. The second kappa shape index (κ2) is 13.3. The van der Waals surface area contributed by atoms with Crippen LogP contribution in [0.15, 0.2) is 83.3 Å². The molecule has 35 heavy (non-hydrogen) atoms. The Balaban J connectivity index is 1.91. The minimum absolute atomic E-state index is 0.00946. The lowest BCUT2D eigenvalue weighted by molar-refractivity contribution is -0.143. The smallest absolute Gasteiger partial charge is 0.261 e. The summed E-state index contributed by atoms with van der Waals surface area (Å²) in [5, 5.41) is 3.49. The summed E-state index contributed by atoms with van der Waals surface area (Å²) in [7, 11) is 0. The summed E-state index contributed by atoms with van der Waals surface area (Å²) in [5.74, 6) is -0.0609. The van der Waals surface area contributed by atoms with Gasteiger partial charge in [-0.15, -0.1) is 0 Å². The lowest BCUT2D eigenvalue weighted by atomic mass is 10.0. The molecule has 0 saturated heterocycles. The maximum Gasteiger partial charge on any atom is 0.261 e. The lowest BCUT2D eigenvalue weighted by Crippen LogP contribution is -2.53. The van der Waals surface area contributed by atoms with E-state index in [1.54, 1.807) is 29.2 Å². The van der Waals surface area contributed by atoms with E-state index >= 15 is 0 Å². The summed E-state index contributed by atoms with van der Waals surface area (Å²) in [5.41, 5.74) is 1.88. The third-order valence-electron chi connectivity index (χ3n) is 5.73. The molecular weight excluding hydrogens is 528 g/mol. The van der Waals surface area contributed by atoms with Crippen LogP contribution >= 0.6 is 27.5 Å². The zero-order valence-corrected chi connectivity index (χ0v) is 22.3. The van der Waals surface area contributed by atoms with E-state index in [4.69, 9.17) is 16.3 Å². The van der Waals surface area contributed by atoms with E-state index in [1.807, 2.05) is 68.4 Å². The molecule has 0 aliphatic carbocycles. The van der Waals surface area contributed by atoms with E-state index in [2.05, 4.69) is 21.2 Å². The molecule has 184 valence electrons. The van der Waals surface area contributed by atoms with Crippen LogP contribution in [0, 0.1) is 0 Å². The molecule has 0 aliphatic heterocycles. The van der Waals surface area contributed by atoms with Crippen LogP contribution in [0.5, 0.6) is 5.75 Å². The zero-order valence-electron chi connectivity index (χ0n) is 19.9. The van der Waals surface area contributed by atoms with Gasteiger partial charge in [-0.2, -0.15) is 0 Å². The summed E-state index contributed by atoms with van der Waals surface area (Å²) in [6.07, 6.45) is 1.18. The molecule has 0 aromatic heterocycles. The monoisotopic (exact) mass is 556 g/mol. The van der Waals surface area contributed by atoms with Gasteiger partial charge < -0.3 is 15.0 Å². The van der Waals surface area contributed by atoms with E-state index in [9.17, 15) is 9.59 Å². The van der Waals surface area contributed by atoms with Gasteiger partial charge in [0.05, 0.1) is 5.02 Å². The first-order chi connectivity index (χ1) is 16.9. The summed E-state index contributed by atoms with van der Waals surface area (Å²) in [6, 6.07) is 23.7. The van der Waals surface area contributed by atoms with Gasteiger partial charge in [0.15, 0.2) is 6.61 Å². The predicted molar refractivity (Wildman–Crippen MR) is 143 cm³/mol. The van der Waals surface area contributed by atoms with Crippen molar-refractivity contribution < 1.29 is 14.3 Å². The molecule has 2 amide bonds. The van der Waals surface area contributed by atoms with Gasteiger partial charge in [-0.05, 0) is 48.7 Å². The van der Waals surface area contributed by atoms with Gasteiger partial charge in [0.25, 0.3) is 5.91 Å². The summed E-state index contributed by atoms with van der Waals surface area (Å²) >= 11 is 9.66. The number of para-hydroxylation sites is 1. The van der Waals surface area contributed by atoms with E-state index in [-0.39, 0.29) is 31.0 Å². The Morgan fingerprint density at radius 3 is 2.29 bits per heavy atom. The first-order valence-corrected chi connectivity index (χ1v) is 12.8. The largest absolute Gasteiger partial charge is 0.482 e. The molecule has 0 heterocycles. The minimum Gasteiger partial charge on any atom is -0.482 e. The molecule has 3 aromatic carbocycles. The molecular formula is C28H30BrClN2O3. The van der Waals surface area contributed by atoms with Crippen molar-refractivity contribution in [1.82, 2.24) is 10.2 Å². The van der Waals surface area contributed by atoms with Crippen LogP contribution in [0.2, 0.25) is 5.02 Å². The van der Waals surface area contributed by atoms with E-state index in [1.165, 1.54) is 0 Å². The van der Waals surface area contributed by atoms with Crippen LogP contribution in [0.25, 0.3) is 0 Å². The Morgan fingerprint density at radius 2 is 1.63 bits per heavy atom. The SMILES string of the molecule is CC[C@@H](C)NC(=O)[C@@H](Cc1ccccc1)N(Cc1ccc(Br)cc1)C(=O)COc1ccccc1Cl. The third kappa shape index (κ3) is 8.11. The van der Waals surface area contributed by atoms with Crippen molar-refractivity contribution in [3.05, 3.63) is 99.5 Å². The van der Waals surface area contributed by atoms with Gasteiger partial charge in [-0.1, -0.05) is 89.1 Å². The summed E-state index contributed by atoms with van der Waals surface area (Å²) in [4.78, 5) is 28.6. The molecule has 2 atom stereocenters. The van der Waals surface area contributed by atoms with Gasteiger partial charge in [0.2, 0.25) is 5.91 Å². The van der Waals surface area contributed by atoms with Crippen molar-refractivity contribution in [2.45, 2.75) is 45.3 Å². The quantitative estimate of drug-likeness (QED) is 0.313. The highest BCUT2D eigenvalue weighted by atomic mass is 79.9. The van der Waals surface area contributed by atoms with Crippen molar-refractivity contribution in [3.63, 3.8) is 0 Å². The molecule has 0 fully saturated rings. The standard InChI is InChI=1S/C28H30BrClN2O3/c1-3-20(2)31-28(34)25(17-21-9-5-4-6-10-21)32(18-22-13-15-23(29)16-14-22)27(33)19-35-26-12-8-7-11-24(26)30/h4-16,20,25H,3,17-19H2,1-2H3,(H,31,34)/t20-,25-/m1/s1. The molecule has 0 aliphatic rings. The number of nitrogens with one attached hydrogen (secondary N) is 1. The zero-order chi connectivity index (χ0) is 25.2. The Kier molecular flexibility index (Phi) is 10.2. The molecule has 0 spiro atoms.